The van der Waals surface area contributed by atoms with Gasteiger partial charge in [0.25, 0.3) is 0 Å². The van der Waals surface area contributed by atoms with Gasteiger partial charge in [-0.15, -0.1) is 0 Å². The standard InChI is InChI=1S/C19H26N4/c1-2-5-18(6-3-1)15-23(16-19-7-9-20-10-8-19)13-4-12-22-14-11-21-17-22/h1-2,7-11,14,17-18H,3-6,12-13,15-16H2/t18-/m1/s1. The van der Waals surface area contributed by atoms with Crippen LogP contribution in [0.2, 0.25) is 0 Å². The first kappa shape index (κ1) is 15.9. The Hall–Kier alpha value is -1.94. The lowest BCUT2D eigenvalue weighted by atomic mass is 9.93. The molecule has 0 spiro atoms. The number of pyridine rings is 1. The molecule has 0 aromatic carbocycles. The average molecular weight is 310 g/mol. The van der Waals surface area contributed by atoms with Gasteiger partial charge in [0.2, 0.25) is 0 Å². The van der Waals surface area contributed by atoms with Crippen LogP contribution in [-0.2, 0) is 13.1 Å². The van der Waals surface area contributed by atoms with Crippen LogP contribution in [0.3, 0.4) is 0 Å². The summed E-state index contributed by atoms with van der Waals surface area (Å²) in [4.78, 5) is 10.8. The van der Waals surface area contributed by atoms with Crippen molar-refractivity contribution in [2.24, 2.45) is 5.92 Å². The van der Waals surface area contributed by atoms with E-state index in [1.54, 1.807) is 0 Å². The molecule has 1 aliphatic carbocycles. The van der Waals surface area contributed by atoms with Crippen LogP contribution in [0.15, 0.2) is 55.4 Å². The van der Waals surface area contributed by atoms with Crippen LogP contribution in [-0.4, -0.2) is 32.5 Å². The van der Waals surface area contributed by atoms with E-state index >= 15 is 0 Å². The molecule has 0 amide bonds. The average Bonchev–Trinajstić information content (AvgIpc) is 3.10. The molecular weight excluding hydrogens is 284 g/mol. The number of imidazole rings is 1. The summed E-state index contributed by atoms with van der Waals surface area (Å²) in [6.07, 6.45) is 19.2. The second-order valence-electron chi connectivity index (χ2n) is 6.40. The molecule has 4 nitrogen and oxygen atoms in total. The van der Waals surface area contributed by atoms with Crippen molar-refractivity contribution in [3.05, 3.63) is 61.0 Å². The van der Waals surface area contributed by atoms with Crippen molar-refractivity contribution >= 4 is 0 Å². The predicted molar refractivity (Wildman–Crippen MR) is 92.8 cm³/mol. The van der Waals surface area contributed by atoms with Crippen molar-refractivity contribution in [1.29, 1.82) is 0 Å². The molecule has 0 saturated carbocycles. The van der Waals surface area contributed by atoms with E-state index in [4.69, 9.17) is 0 Å². The number of hydrogen-bond acceptors (Lipinski definition) is 3. The highest BCUT2D eigenvalue weighted by atomic mass is 15.1. The Morgan fingerprint density at radius 2 is 2.04 bits per heavy atom. The number of aryl methyl sites for hydroxylation is 1. The molecule has 23 heavy (non-hydrogen) atoms. The number of nitrogens with zero attached hydrogens (tertiary/aromatic N) is 4. The fourth-order valence-electron chi connectivity index (χ4n) is 3.26. The van der Waals surface area contributed by atoms with Gasteiger partial charge in [0.15, 0.2) is 0 Å². The number of rotatable bonds is 8. The summed E-state index contributed by atoms with van der Waals surface area (Å²) in [5, 5.41) is 0. The predicted octanol–water partition coefficient (Wildman–Crippen LogP) is 3.53. The van der Waals surface area contributed by atoms with E-state index in [9.17, 15) is 0 Å². The van der Waals surface area contributed by atoms with Gasteiger partial charge < -0.3 is 4.57 Å². The Balaban J connectivity index is 1.54. The van der Waals surface area contributed by atoms with E-state index in [1.165, 1.54) is 31.4 Å². The lowest BCUT2D eigenvalue weighted by Gasteiger charge is -2.28. The minimum Gasteiger partial charge on any atom is -0.337 e. The van der Waals surface area contributed by atoms with E-state index in [2.05, 4.69) is 43.7 Å². The first-order valence-corrected chi connectivity index (χ1v) is 8.62. The molecule has 0 fully saturated rings. The van der Waals surface area contributed by atoms with Crippen molar-refractivity contribution in [3.8, 4) is 0 Å². The van der Waals surface area contributed by atoms with Crippen LogP contribution >= 0.6 is 0 Å². The van der Waals surface area contributed by atoms with Gasteiger partial charge in [0, 0.05) is 51.0 Å². The van der Waals surface area contributed by atoms with Crippen LogP contribution in [0.5, 0.6) is 0 Å². The monoisotopic (exact) mass is 310 g/mol. The molecule has 0 saturated heterocycles. The third kappa shape index (κ3) is 5.32. The summed E-state index contributed by atoms with van der Waals surface area (Å²) < 4.78 is 2.16. The summed E-state index contributed by atoms with van der Waals surface area (Å²) in [7, 11) is 0. The molecule has 2 heterocycles. The maximum Gasteiger partial charge on any atom is 0.0945 e. The molecule has 2 aromatic heterocycles. The smallest absolute Gasteiger partial charge is 0.0945 e. The summed E-state index contributed by atoms with van der Waals surface area (Å²) in [6.45, 7) is 4.38. The summed E-state index contributed by atoms with van der Waals surface area (Å²) in [5.74, 6) is 0.801. The van der Waals surface area contributed by atoms with Crippen LogP contribution in [0.1, 0.15) is 31.2 Å². The molecule has 2 aromatic rings. The molecule has 0 bridgehead atoms. The lowest BCUT2D eigenvalue weighted by molar-refractivity contribution is 0.209. The highest BCUT2D eigenvalue weighted by Crippen LogP contribution is 2.20. The van der Waals surface area contributed by atoms with Crippen molar-refractivity contribution in [1.82, 2.24) is 19.4 Å². The first-order chi connectivity index (χ1) is 11.4. The summed E-state index contributed by atoms with van der Waals surface area (Å²) in [5.41, 5.74) is 1.36. The Bertz CT molecular complexity index is 577. The largest absolute Gasteiger partial charge is 0.337 e. The minimum atomic E-state index is 0.801. The van der Waals surface area contributed by atoms with Gasteiger partial charge in [-0.2, -0.15) is 0 Å². The summed E-state index contributed by atoms with van der Waals surface area (Å²) >= 11 is 0. The van der Waals surface area contributed by atoms with E-state index in [-0.39, 0.29) is 0 Å². The molecule has 1 atom stereocenters. The Morgan fingerprint density at radius 1 is 1.13 bits per heavy atom. The Morgan fingerprint density at radius 3 is 2.78 bits per heavy atom. The maximum absolute atomic E-state index is 4.13. The van der Waals surface area contributed by atoms with E-state index in [0.717, 1.165) is 32.0 Å². The Labute approximate surface area is 138 Å². The highest BCUT2D eigenvalue weighted by Gasteiger charge is 2.15. The maximum atomic E-state index is 4.13. The Kier molecular flexibility index (Phi) is 5.98. The molecule has 3 rings (SSSR count). The topological polar surface area (TPSA) is 34.0 Å². The zero-order valence-electron chi connectivity index (χ0n) is 13.7. The lowest BCUT2D eigenvalue weighted by Crippen LogP contribution is -2.31. The van der Waals surface area contributed by atoms with Crippen molar-refractivity contribution in [2.75, 3.05) is 13.1 Å². The van der Waals surface area contributed by atoms with Gasteiger partial charge in [-0.3, -0.25) is 9.88 Å². The highest BCUT2D eigenvalue weighted by molar-refractivity contribution is 5.09. The molecule has 0 unspecified atom stereocenters. The number of aromatic nitrogens is 3. The zero-order chi connectivity index (χ0) is 15.7. The second kappa shape index (κ2) is 8.63. The van der Waals surface area contributed by atoms with Gasteiger partial charge in [0.1, 0.15) is 0 Å². The van der Waals surface area contributed by atoms with Crippen LogP contribution in [0.25, 0.3) is 0 Å². The van der Waals surface area contributed by atoms with Gasteiger partial charge >= 0.3 is 0 Å². The molecular formula is C19H26N4. The molecule has 4 heteroatoms. The SMILES string of the molecule is C1=CC[C@@H](CN(CCCn2ccnc2)Cc2ccncc2)CC1. The number of allylic oxidation sites excluding steroid dienone is 2. The second-order valence-corrected chi connectivity index (χ2v) is 6.40. The quantitative estimate of drug-likeness (QED) is 0.700. The van der Waals surface area contributed by atoms with Gasteiger partial charge in [-0.05, 0) is 49.3 Å². The minimum absolute atomic E-state index is 0.801. The molecule has 1 aliphatic rings. The molecule has 122 valence electrons. The van der Waals surface area contributed by atoms with Gasteiger partial charge in [-0.25, -0.2) is 4.98 Å². The summed E-state index contributed by atoms with van der Waals surface area (Å²) in [6, 6.07) is 4.26. The fraction of sp³-hybridized carbons (Fsp3) is 0.474. The van der Waals surface area contributed by atoms with Crippen molar-refractivity contribution < 1.29 is 0 Å². The van der Waals surface area contributed by atoms with E-state index in [1.807, 2.05) is 31.1 Å². The zero-order valence-corrected chi connectivity index (χ0v) is 13.7. The van der Waals surface area contributed by atoms with E-state index < -0.39 is 0 Å². The van der Waals surface area contributed by atoms with Crippen molar-refractivity contribution in [3.63, 3.8) is 0 Å². The van der Waals surface area contributed by atoms with Gasteiger partial charge in [-0.1, -0.05) is 12.2 Å². The third-order valence-corrected chi connectivity index (χ3v) is 4.50. The molecule has 0 aliphatic heterocycles. The number of hydrogen-bond donors (Lipinski definition) is 0. The fourth-order valence-corrected chi connectivity index (χ4v) is 3.26. The van der Waals surface area contributed by atoms with Gasteiger partial charge in [0.05, 0.1) is 6.33 Å². The van der Waals surface area contributed by atoms with E-state index in [0.29, 0.717) is 0 Å². The van der Waals surface area contributed by atoms with Crippen LogP contribution in [0, 0.1) is 5.92 Å². The normalized spacial score (nSPS) is 17.7. The first-order valence-electron chi connectivity index (χ1n) is 8.62. The van der Waals surface area contributed by atoms with Crippen molar-refractivity contribution in [2.45, 2.75) is 38.8 Å². The molecule has 0 radical (unpaired) electrons. The van der Waals surface area contributed by atoms with Crippen LogP contribution < -0.4 is 0 Å². The molecule has 0 N–H and O–H groups in total. The third-order valence-electron chi connectivity index (χ3n) is 4.50. The van der Waals surface area contributed by atoms with Crippen LogP contribution in [0.4, 0.5) is 0 Å².